The molecule has 0 saturated carbocycles. The maximum atomic E-state index is 14.2. The lowest BCUT2D eigenvalue weighted by atomic mass is 10.00. The van der Waals surface area contributed by atoms with Crippen LogP contribution in [-0.2, 0) is 0 Å². The number of nitrogens with zero attached hydrogens (tertiary/aromatic N) is 1. The van der Waals surface area contributed by atoms with Crippen LogP contribution in [0.15, 0.2) is 48.7 Å². The minimum atomic E-state index is -0.283. The first-order chi connectivity index (χ1) is 10.2. The van der Waals surface area contributed by atoms with Crippen molar-refractivity contribution in [1.82, 2.24) is 4.98 Å². The van der Waals surface area contributed by atoms with Crippen LogP contribution in [0.4, 0.5) is 10.2 Å². The van der Waals surface area contributed by atoms with Gasteiger partial charge >= 0.3 is 0 Å². The third-order valence-corrected chi connectivity index (χ3v) is 3.48. The van der Waals surface area contributed by atoms with E-state index in [1.54, 1.807) is 26.4 Å². The van der Waals surface area contributed by atoms with E-state index in [1.165, 1.54) is 6.07 Å². The molecule has 0 aliphatic carbocycles. The Bertz CT molecular complexity index is 802. The fourth-order valence-electron chi connectivity index (χ4n) is 2.46. The molecule has 0 radical (unpaired) electrons. The summed E-state index contributed by atoms with van der Waals surface area (Å²) in [5, 5.41) is 4.26. The molecule has 1 aromatic heterocycles. The molecular weight excluding hydrogens is 267 g/mol. The maximum absolute atomic E-state index is 14.2. The molecule has 0 fully saturated rings. The van der Waals surface area contributed by atoms with E-state index in [0.29, 0.717) is 11.2 Å². The van der Waals surface area contributed by atoms with Crippen LogP contribution >= 0.6 is 0 Å². The number of benzene rings is 2. The lowest BCUT2D eigenvalue weighted by Gasteiger charge is -2.11. The van der Waals surface area contributed by atoms with Crippen molar-refractivity contribution in [2.24, 2.45) is 0 Å². The molecule has 0 saturated heterocycles. The van der Waals surface area contributed by atoms with Crippen LogP contribution in [0.1, 0.15) is 0 Å². The number of aromatic nitrogens is 1. The zero-order valence-electron chi connectivity index (χ0n) is 11.9. The van der Waals surface area contributed by atoms with Gasteiger partial charge < -0.3 is 10.1 Å². The number of anilines is 1. The quantitative estimate of drug-likeness (QED) is 0.785. The van der Waals surface area contributed by atoms with Crippen LogP contribution < -0.4 is 10.1 Å². The van der Waals surface area contributed by atoms with Crippen molar-refractivity contribution in [3.63, 3.8) is 0 Å². The largest absolute Gasteiger partial charge is 0.497 e. The van der Waals surface area contributed by atoms with Crippen LogP contribution in [0.2, 0.25) is 0 Å². The van der Waals surface area contributed by atoms with E-state index in [1.807, 2.05) is 30.3 Å². The minimum absolute atomic E-state index is 0.283. The lowest BCUT2D eigenvalue weighted by molar-refractivity contribution is 0.415. The highest BCUT2D eigenvalue weighted by Gasteiger charge is 2.12. The first-order valence-corrected chi connectivity index (χ1v) is 6.64. The normalized spacial score (nSPS) is 10.6. The van der Waals surface area contributed by atoms with Crippen LogP contribution in [0.25, 0.3) is 21.9 Å². The highest BCUT2D eigenvalue weighted by molar-refractivity contribution is 6.02. The molecule has 1 N–H and O–H groups in total. The highest BCUT2D eigenvalue weighted by Crippen LogP contribution is 2.34. The fraction of sp³-hybridized carbons (Fsp3) is 0.118. The molecule has 0 bridgehead atoms. The smallest absolute Gasteiger partial charge is 0.136 e. The number of hydrogen-bond acceptors (Lipinski definition) is 3. The summed E-state index contributed by atoms with van der Waals surface area (Å²) in [6.45, 7) is 0. The molecule has 106 valence electrons. The zero-order valence-corrected chi connectivity index (χ0v) is 11.9. The van der Waals surface area contributed by atoms with E-state index in [2.05, 4.69) is 10.3 Å². The van der Waals surface area contributed by atoms with E-state index >= 15 is 0 Å². The van der Waals surface area contributed by atoms with Gasteiger partial charge in [-0.15, -0.1) is 0 Å². The molecule has 0 amide bonds. The summed E-state index contributed by atoms with van der Waals surface area (Å²) in [6.07, 6.45) is 1.75. The molecule has 2 aromatic carbocycles. The zero-order chi connectivity index (χ0) is 14.8. The van der Waals surface area contributed by atoms with Gasteiger partial charge in [0.25, 0.3) is 0 Å². The van der Waals surface area contributed by atoms with E-state index in [4.69, 9.17) is 4.74 Å². The molecular formula is C17H15FN2O. The number of fused-ring (bicyclic) bond motifs is 1. The van der Waals surface area contributed by atoms with E-state index in [-0.39, 0.29) is 5.82 Å². The molecule has 3 rings (SSSR count). The summed E-state index contributed by atoms with van der Waals surface area (Å²) < 4.78 is 19.4. The molecule has 0 spiro atoms. The second kappa shape index (κ2) is 5.40. The third kappa shape index (κ3) is 2.29. The lowest BCUT2D eigenvalue weighted by Crippen LogP contribution is -1.97. The third-order valence-electron chi connectivity index (χ3n) is 3.48. The van der Waals surface area contributed by atoms with Crippen molar-refractivity contribution < 1.29 is 9.13 Å². The first kappa shape index (κ1) is 13.4. The van der Waals surface area contributed by atoms with E-state index < -0.39 is 0 Å². The van der Waals surface area contributed by atoms with Gasteiger partial charge in [-0.3, -0.25) is 0 Å². The molecule has 3 aromatic rings. The van der Waals surface area contributed by atoms with Gasteiger partial charge in [0.15, 0.2) is 0 Å². The molecule has 3 nitrogen and oxygen atoms in total. The number of methoxy groups -OCH3 is 1. The van der Waals surface area contributed by atoms with Gasteiger partial charge in [-0.2, -0.15) is 0 Å². The Morgan fingerprint density at radius 2 is 1.95 bits per heavy atom. The van der Waals surface area contributed by atoms with Gasteiger partial charge in [0.1, 0.15) is 17.4 Å². The van der Waals surface area contributed by atoms with E-state index in [9.17, 15) is 4.39 Å². The number of nitrogens with one attached hydrogen (secondary N) is 1. The molecule has 0 atom stereocenters. The Balaban J connectivity index is 2.31. The van der Waals surface area contributed by atoms with Crippen molar-refractivity contribution in [3.8, 4) is 16.9 Å². The number of hydrogen-bond donors (Lipinski definition) is 1. The van der Waals surface area contributed by atoms with Crippen LogP contribution in [0.5, 0.6) is 5.75 Å². The molecule has 0 aliphatic rings. The first-order valence-electron chi connectivity index (χ1n) is 6.64. The van der Waals surface area contributed by atoms with Crippen molar-refractivity contribution in [2.45, 2.75) is 0 Å². The van der Waals surface area contributed by atoms with E-state index in [0.717, 1.165) is 22.3 Å². The van der Waals surface area contributed by atoms with Gasteiger partial charge in [0.05, 0.1) is 12.5 Å². The molecule has 0 aliphatic heterocycles. The molecule has 21 heavy (non-hydrogen) atoms. The monoisotopic (exact) mass is 282 g/mol. The van der Waals surface area contributed by atoms with Gasteiger partial charge in [-0.25, -0.2) is 9.37 Å². The standard InChI is InChI=1S/C17H15FN2O/c1-19-17-16-13(7-4-8-15(16)18)14(10-20-17)11-5-3-6-12(9-11)21-2/h3-10H,1-2H3,(H,19,20). The van der Waals surface area contributed by atoms with Crippen molar-refractivity contribution in [3.05, 3.63) is 54.5 Å². The number of pyridine rings is 1. The van der Waals surface area contributed by atoms with Gasteiger partial charge in [0.2, 0.25) is 0 Å². The summed E-state index contributed by atoms with van der Waals surface area (Å²) in [5.74, 6) is 1.01. The van der Waals surface area contributed by atoms with Gasteiger partial charge in [-0.05, 0) is 29.1 Å². The van der Waals surface area contributed by atoms with Crippen LogP contribution in [-0.4, -0.2) is 19.1 Å². The summed E-state index contributed by atoms with van der Waals surface area (Å²) in [7, 11) is 3.36. The maximum Gasteiger partial charge on any atom is 0.136 e. The van der Waals surface area contributed by atoms with Gasteiger partial charge in [-0.1, -0.05) is 24.3 Å². The predicted octanol–water partition coefficient (Wildman–Crippen LogP) is 4.09. The van der Waals surface area contributed by atoms with Crippen molar-refractivity contribution in [2.75, 3.05) is 19.5 Å². The Morgan fingerprint density at radius 3 is 2.71 bits per heavy atom. The highest BCUT2D eigenvalue weighted by atomic mass is 19.1. The number of rotatable bonds is 3. The summed E-state index contributed by atoms with van der Waals surface area (Å²) in [5.41, 5.74) is 1.82. The second-order valence-corrected chi connectivity index (χ2v) is 4.66. The van der Waals surface area contributed by atoms with Crippen LogP contribution in [0, 0.1) is 5.82 Å². The topological polar surface area (TPSA) is 34.2 Å². The summed E-state index contributed by atoms with van der Waals surface area (Å²) in [6, 6.07) is 12.7. The Morgan fingerprint density at radius 1 is 1.14 bits per heavy atom. The summed E-state index contributed by atoms with van der Waals surface area (Å²) in [4.78, 5) is 4.33. The Kier molecular flexibility index (Phi) is 3.44. The fourth-order valence-corrected chi connectivity index (χ4v) is 2.46. The average molecular weight is 282 g/mol. The predicted molar refractivity (Wildman–Crippen MR) is 83.2 cm³/mol. The molecule has 1 heterocycles. The molecule has 0 unspecified atom stereocenters. The second-order valence-electron chi connectivity index (χ2n) is 4.66. The number of halogens is 1. The average Bonchev–Trinajstić information content (AvgIpc) is 2.54. The Labute approximate surface area is 122 Å². The SMILES string of the molecule is CNc1ncc(-c2cccc(OC)c2)c2cccc(F)c12. The van der Waals surface area contributed by atoms with Crippen molar-refractivity contribution in [1.29, 1.82) is 0 Å². The minimum Gasteiger partial charge on any atom is -0.497 e. The van der Waals surface area contributed by atoms with Crippen LogP contribution in [0.3, 0.4) is 0 Å². The molecule has 4 heteroatoms. The van der Waals surface area contributed by atoms with Gasteiger partial charge in [0, 0.05) is 18.8 Å². The summed E-state index contributed by atoms with van der Waals surface area (Å²) >= 11 is 0. The van der Waals surface area contributed by atoms with Crippen molar-refractivity contribution >= 4 is 16.6 Å². The number of ether oxygens (including phenoxy) is 1. The Hall–Kier alpha value is -2.62.